The Morgan fingerprint density at radius 1 is 1.09 bits per heavy atom. The smallest absolute Gasteiger partial charge is 0.255 e. The van der Waals surface area contributed by atoms with E-state index >= 15 is 0 Å². The average molecular weight is 440 g/mol. The van der Waals surface area contributed by atoms with Crippen LogP contribution in [0.3, 0.4) is 0 Å². The number of carbonyl (C=O) groups excluding carboxylic acids is 1. The van der Waals surface area contributed by atoms with E-state index in [9.17, 15) is 9.18 Å². The van der Waals surface area contributed by atoms with Gasteiger partial charge >= 0.3 is 0 Å². The van der Waals surface area contributed by atoms with Crippen molar-refractivity contribution in [1.29, 1.82) is 0 Å². The van der Waals surface area contributed by atoms with Crippen LogP contribution in [-0.2, 0) is 4.79 Å². The lowest BCUT2D eigenvalue weighted by molar-refractivity contribution is -0.113. The normalized spacial score (nSPS) is 15.1. The van der Waals surface area contributed by atoms with Gasteiger partial charge in [0.05, 0.1) is 17.5 Å². The molecule has 1 amide bonds. The molecule has 164 valence electrons. The molecule has 2 aromatic heterocycles. The topological polar surface area (TPSA) is 84.7 Å². The molecule has 0 unspecified atom stereocenters. The summed E-state index contributed by atoms with van der Waals surface area (Å²) < 4.78 is 15.4. The van der Waals surface area contributed by atoms with Crippen molar-refractivity contribution in [3.8, 4) is 11.4 Å². The number of aromatic nitrogens is 4. The maximum atomic E-state index is 13.7. The Bertz CT molecular complexity index is 1360. The molecule has 0 aliphatic carbocycles. The van der Waals surface area contributed by atoms with E-state index in [0.717, 1.165) is 16.7 Å². The minimum Gasteiger partial charge on any atom is -0.328 e. The number of pyridine rings is 1. The van der Waals surface area contributed by atoms with Crippen molar-refractivity contribution in [1.82, 2.24) is 19.7 Å². The lowest BCUT2D eigenvalue weighted by atomic mass is 9.95. The van der Waals surface area contributed by atoms with Crippen molar-refractivity contribution >= 4 is 17.5 Å². The second kappa shape index (κ2) is 8.31. The number of fused-ring (bicyclic) bond motifs is 1. The summed E-state index contributed by atoms with van der Waals surface area (Å²) in [6.07, 6.45) is 3.21. The third kappa shape index (κ3) is 3.98. The maximum absolute atomic E-state index is 13.7. The van der Waals surface area contributed by atoms with Crippen LogP contribution in [0.15, 0.2) is 84.3 Å². The van der Waals surface area contributed by atoms with E-state index in [1.165, 1.54) is 12.1 Å². The number of hydrogen-bond donors (Lipinski definition) is 2. The summed E-state index contributed by atoms with van der Waals surface area (Å²) in [5.41, 5.74) is 4.35. The van der Waals surface area contributed by atoms with Crippen molar-refractivity contribution in [3.63, 3.8) is 0 Å². The lowest BCUT2D eigenvalue weighted by Crippen LogP contribution is -2.31. The number of rotatable bonds is 4. The first kappa shape index (κ1) is 20.6. The number of carbonyl (C=O) groups is 1. The number of nitrogens with zero attached hydrogens (tertiary/aromatic N) is 4. The number of anilines is 2. The number of nitrogens with one attached hydrogen (secondary N) is 2. The molecule has 1 aliphatic heterocycles. The van der Waals surface area contributed by atoms with Gasteiger partial charge in [-0.25, -0.2) is 9.07 Å². The molecule has 33 heavy (non-hydrogen) atoms. The van der Waals surface area contributed by atoms with Crippen molar-refractivity contribution in [2.75, 3.05) is 10.6 Å². The van der Waals surface area contributed by atoms with Gasteiger partial charge in [-0.15, -0.1) is 5.10 Å². The lowest BCUT2D eigenvalue weighted by Gasteiger charge is -2.28. The van der Waals surface area contributed by atoms with Crippen LogP contribution in [-0.4, -0.2) is 25.7 Å². The van der Waals surface area contributed by atoms with E-state index in [1.807, 2.05) is 38.1 Å². The summed E-state index contributed by atoms with van der Waals surface area (Å²) in [5.74, 6) is 0.390. The van der Waals surface area contributed by atoms with Crippen LogP contribution in [0.25, 0.3) is 11.4 Å². The molecule has 1 aliphatic rings. The van der Waals surface area contributed by atoms with Gasteiger partial charge in [0.1, 0.15) is 11.9 Å². The minimum atomic E-state index is -0.593. The van der Waals surface area contributed by atoms with Gasteiger partial charge in [-0.1, -0.05) is 35.9 Å². The summed E-state index contributed by atoms with van der Waals surface area (Å²) in [6, 6.07) is 16.9. The van der Waals surface area contributed by atoms with Crippen molar-refractivity contribution in [2.24, 2.45) is 0 Å². The van der Waals surface area contributed by atoms with Gasteiger partial charge in [-0.2, -0.15) is 4.98 Å². The monoisotopic (exact) mass is 440 g/mol. The van der Waals surface area contributed by atoms with E-state index in [-0.39, 0.29) is 11.7 Å². The Morgan fingerprint density at radius 3 is 2.64 bits per heavy atom. The van der Waals surface area contributed by atoms with E-state index in [1.54, 1.807) is 41.3 Å². The van der Waals surface area contributed by atoms with Gasteiger partial charge < -0.3 is 10.6 Å². The summed E-state index contributed by atoms with van der Waals surface area (Å²) in [5, 5.41) is 10.8. The van der Waals surface area contributed by atoms with E-state index < -0.39 is 6.04 Å². The molecule has 0 fully saturated rings. The summed E-state index contributed by atoms with van der Waals surface area (Å²) in [6.45, 7) is 3.82. The van der Waals surface area contributed by atoms with E-state index in [0.29, 0.717) is 28.7 Å². The molecule has 0 saturated carbocycles. The molecule has 4 aromatic rings. The minimum absolute atomic E-state index is 0.305. The van der Waals surface area contributed by atoms with E-state index in [4.69, 9.17) is 5.10 Å². The summed E-state index contributed by atoms with van der Waals surface area (Å²) >= 11 is 0. The number of hydrogen-bond acceptors (Lipinski definition) is 5. The number of halogens is 1. The predicted octanol–water partition coefficient (Wildman–Crippen LogP) is 4.72. The molecule has 0 spiro atoms. The Balaban J connectivity index is 1.61. The van der Waals surface area contributed by atoms with Crippen LogP contribution in [0.5, 0.6) is 0 Å². The van der Waals surface area contributed by atoms with Gasteiger partial charge in [0.25, 0.3) is 5.91 Å². The van der Waals surface area contributed by atoms with E-state index in [2.05, 4.69) is 20.6 Å². The zero-order valence-electron chi connectivity index (χ0n) is 18.1. The average Bonchev–Trinajstić information content (AvgIpc) is 3.23. The third-order valence-corrected chi connectivity index (χ3v) is 5.48. The van der Waals surface area contributed by atoms with Gasteiger partial charge in [-0.05, 0) is 49.7 Å². The van der Waals surface area contributed by atoms with Gasteiger partial charge in [-0.3, -0.25) is 9.78 Å². The van der Waals surface area contributed by atoms with Crippen LogP contribution in [0.1, 0.15) is 24.1 Å². The zero-order valence-corrected chi connectivity index (χ0v) is 18.1. The second-order valence-electron chi connectivity index (χ2n) is 7.89. The van der Waals surface area contributed by atoms with Gasteiger partial charge in [0.2, 0.25) is 5.95 Å². The molecule has 5 rings (SSSR count). The molecule has 8 heteroatoms. The van der Waals surface area contributed by atoms with Crippen LogP contribution >= 0.6 is 0 Å². The molecule has 0 radical (unpaired) electrons. The highest BCUT2D eigenvalue weighted by Gasteiger charge is 2.34. The Kier molecular flexibility index (Phi) is 5.18. The SMILES string of the molecule is CC1=C(C(=O)Nc2cccnc2)[C@H](c2ccc(F)cc2)n2nc(-c3cccc(C)c3)nc2N1. The first-order chi connectivity index (χ1) is 16.0. The quantitative estimate of drug-likeness (QED) is 0.480. The van der Waals surface area contributed by atoms with Crippen LogP contribution in [0.4, 0.5) is 16.0 Å². The van der Waals surface area contributed by atoms with Crippen LogP contribution in [0.2, 0.25) is 0 Å². The Labute approximate surface area is 190 Å². The molecule has 7 nitrogen and oxygen atoms in total. The van der Waals surface area contributed by atoms with Crippen LogP contribution in [0, 0.1) is 12.7 Å². The maximum Gasteiger partial charge on any atom is 0.255 e. The van der Waals surface area contributed by atoms with Gasteiger partial charge in [0.15, 0.2) is 5.82 Å². The first-order valence-electron chi connectivity index (χ1n) is 10.5. The highest BCUT2D eigenvalue weighted by molar-refractivity contribution is 6.05. The molecule has 3 heterocycles. The first-order valence-corrected chi connectivity index (χ1v) is 10.5. The molecule has 1 atom stereocenters. The van der Waals surface area contributed by atoms with Crippen molar-refractivity contribution in [3.05, 3.63) is 101 Å². The molecular formula is C25H21FN6O. The zero-order chi connectivity index (χ0) is 22.9. The Hall–Kier alpha value is -4.33. The molecule has 0 bridgehead atoms. The van der Waals surface area contributed by atoms with Gasteiger partial charge in [0, 0.05) is 17.5 Å². The number of allylic oxidation sites excluding steroid dienone is 1. The number of amides is 1. The largest absolute Gasteiger partial charge is 0.328 e. The fourth-order valence-electron chi connectivity index (χ4n) is 3.94. The summed E-state index contributed by atoms with van der Waals surface area (Å²) in [4.78, 5) is 22.1. The number of aryl methyl sites for hydroxylation is 1. The molecule has 0 saturated heterocycles. The second-order valence-corrected chi connectivity index (χ2v) is 7.89. The van der Waals surface area contributed by atoms with Crippen LogP contribution < -0.4 is 10.6 Å². The number of benzene rings is 2. The third-order valence-electron chi connectivity index (χ3n) is 5.48. The molecule has 2 N–H and O–H groups in total. The molecule has 2 aromatic carbocycles. The van der Waals surface area contributed by atoms with Crippen molar-refractivity contribution < 1.29 is 9.18 Å². The molecular weight excluding hydrogens is 419 g/mol. The Morgan fingerprint density at radius 2 is 1.91 bits per heavy atom. The summed E-state index contributed by atoms with van der Waals surface area (Å²) in [7, 11) is 0. The standard InChI is InChI=1S/C25H21FN6O/c1-15-5-3-6-18(13-15)23-30-25-28-16(2)21(24(33)29-20-7-4-12-27-14-20)22(32(25)31-23)17-8-10-19(26)11-9-17/h3-14,22H,1-2H3,(H,29,33)(H,28,30,31)/t22-/m0/s1. The fraction of sp³-hybridized carbons (Fsp3) is 0.120. The fourth-order valence-corrected chi connectivity index (χ4v) is 3.94. The highest BCUT2D eigenvalue weighted by Crippen LogP contribution is 2.37. The predicted molar refractivity (Wildman–Crippen MR) is 124 cm³/mol. The van der Waals surface area contributed by atoms with Crippen molar-refractivity contribution in [2.45, 2.75) is 19.9 Å². The highest BCUT2D eigenvalue weighted by atomic mass is 19.1.